The van der Waals surface area contributed by atoms with Crippen LogP contribution in [0, 0.1) is 0 Å². The van der Waals surface area contributed by atoms with Crippen LogP contribution in [-0.2, 0) is 24.3 Å². The molecule has 1 aliphatic rings. The lowest BCUT2D eigenvalue weighted by Crippen LogP contribution is -2.39. The van der Waals surface area contributed by atoms with Crippen molar-refractivity contribution in [1.29, 1.82) is 0 Å². The van der Waals surface area contributed by atoms with Crippen molar-refractivity contribution in [3.8, 4) is 0 Å². The van der Waals surface area contributed by atoms with Crippen molar-refractivity contribution in [3.05, 3.63) is 52.4 Å². The highest BCUT2D eigenvalue weighted by atomic mass is 32.2. The smallest absolute Gasteiger partial charge is 0.236 e. The Balaban J connectivity index is 1.41. The quantitative estimate of drug-likeness (QED) is 0.642. The Labute approximate surface area is 153 Å². The van der Waals surface area contributed by atoms with Gasteiger partial charge in [-0.05, 0) is 42.5 Å². The molecule has 0 saturated heterocycles. The van der Waals surface area contributed by atoms with E-state index in [9.17, 15) is 4.79 Å². The third kappa shape index (κ3) is 3.50. The predicted octanol–water partition coefficient (Wildman–Crippen LogP) is 3.05. The van der Waals surface area contributed by atoms with Gasteiger partial charge in [-0.3, -0.25) is 4.79 Å². The first-order valence-electron chi connectivity index (χ1n) is 8.11. The summed E-state index contributed by atoms with van der Waals surface area (Å²) in [6, 6.07) is 5.89. The summed E-state index contributed by atoms with van der Waals surface area (Å²) in [5, 5.41) is 10.8. The molecule has 6 nitrogen and oxygen atoms in total. The first kappa shape index (κ1) is 16.4. The molecule has 8 heteroatoms. The van der Waals surface area contributed by atoms with E-state index in [1.54, 1.807) is 23.9 Å². The summed E-state index contributed by atoms with van der Waals surface area (Å²) in [6.07, 6.45) is 4.26. The van der Waals surface area contributed by atoms with Crippen LogP contribution >= 0.6 is 23.1 Å². The molecule has 4 rings (SSSR count). The minimum Gasteiger partial charge on any atom is -0.467 e. The molecule has 1 atom stereocenters. The van der Waals surface area contributed by atoms with Gasteiger partial charge < -0.3 is 13.9 Å². The van der Waals surface area contributed by atoms with E-state index in [1.807, 2.05) is 28.5 Å². The van der Waals surface area contributed by atoms with E-state index < -0.39 is 0 Å². The number of rotatable bonds is 5. The van der Waals surface area contributed by atoms with Crippen molar-refractivity contribution in [3.63, 3.8) is 0 Å². The molecule has 1 amide bonds. The molecule has 0 spiro atoms. The largest absolute Gasteiger partial charge is 0.467 e. The van der Waals surface area contributed by atoms with Crippen LogP contribution in [0.3, 0.4) is 0 Å². The summed E-state index contributed by atoms with van der Waals surface area (Å²) < 4.78 is 7.28. The molecule has 0 aliphatic carbocycles. The van der Waals surface area contributed by atoms with Crippen LogP contribution in [0.2, 0.25) is 0 Å². The van der Waals surface area contributed by atoms with Gasteiger partial charge in [0.2, 0.25) is 5.91 Å². The second kappa shape index (κ2) is 7.05. The van der Waals surface area contributed by atoms with Gasteiger partial charge in [-0.15, -0.1) is 21.5 Å². The van der Waals surface area contributed by atoms with Crippen molar-refractivity contribution in [1.82, 2.24) is 19.7 Å². The number of fused-ring (bicyclic) bond motifs is 1. The zero-order valence-corrected chi connectivity index (χ0v) is 15.4. The number of hydrogen-bond acceptors (Lipinski definition) is 6. The first-order chi connectivity index (χ1) is 12.2. The summed E-state index contributed by atoms with van der Waals surface area (Å²) in [7, 11) is 0. The van der Waals surface area contributed by atoms with Crippen LogP contribution in [0.5, 0.6) is 0 Å². The van der Waals surface area contributed by atoms with Gasteiger partial charge in [0.1, 0.15) is 12.1 Å². The number of carbonyl (C=O) groups is 1. The van der Waals surface area contributed by atoms with Crippen LogP contribution in [0.1, 0.15) is 23.1 Å². The minimum atomic E-state index is -0.209. The number of aromatic nitrogens is 3. The Hall–Kier alpha value is -2.06. The number of furan rings is 1. The molecule has 0 radical (unpaired) electrons. The monoisotopic (exact) mass is 374 g/mol. The second-order valence-electron chi connectivity index (χ2n) is 5.96. The molecular weight excluding hydrogens is 356 g/mol. The van der Waals surface area contributed by atoms with E-state index in [0.29, 0.717) is 13.1 Å². The van der Waals surface area contributed by atoms with E-state index in [2.05, 4.69) is 21.6 Å². The van der Waals surface area contributed by atoms with Gasteiger partial charge in [-0.1, -0.05) is 11.8 Å². The number of nitrogens with zero attached hydrogens (tertiary/aromatic N) is 4. The summed E-state index contributed by atoms with van der Waals surface area (Å²) in [6.45, 7) is 3.99. The molecule has 4 heterocycles. The fourth-order valence-electron chi connectivity index (χ4n) is 2.92. The van der Waals surface area contributed by atoms with Crippen LogP contribution in [0.25, 0.3) is 0 Å². The maximum Gasteiger partial charge on any atom is 0.236 e. The lowest BCUT2D eigenvalue weighted by Gasteiger charge is -2.29. The molecule has 0 bridgehead atoms. The summed E-state index contributed by atoms with van der Waals surface area (Å²) >= 11 is 3.22. The van der Waals surface area contributed by atoms with Crippen LogP contribution in [0.15, 0.2) is 45.7 Å². The molecular formula is C17H18N4O2S2. The Kier molecular flexibility index (Phi) is 4.63. The van der Waals surface area contributed by atoms with Crippen molar-refractivity contribution >= 4 is 29.0 Å². The molecule has 0 N–H and O–H groups in total. The second-order valence-corrected chi connectivity index (χ2v) is 8.27. The van der Waals surface area contributed by atoms with Gasteiger partial charge in [0.15, 0.2) is 5.16 Å². The lowest BCUT2D eigenvalue weighted by atomic mass is 10.1. The molecule has 1 unspecified atom stereocenters. The van der Waals surface area contributed by atoms with Crippen molar-refractivity contribution in [2.45, 2.75) is 36.8 Å². The van der Waals surface area contributed by atoms with Crippen molar-refractivity contribution < 1.29 is 9.21 Å². The SMILES string of the molecule is CC(Sc1nncn1Cc1ccco1)C(=O)N1CCc2sccc2C1. The van der Waals surface area contributed by atoms with E-state index in [0.717, 1.165) is 23.9 Å². The summed E-state index contributed by atoms with van der Waals surface area (Å²) in [5.74, 6) is 0.982. The number of carbonyl (C=O) groups excluding carboxylic acids is 1. The van der Waals surface area contributed by atoms with Gasteiger partial charge in [0.25, 0.3) is 0 Å². The van der Waals surface area contributed by atoms with Crippen LogP contribution in [0.4, 0.5) is 0 Å². The van der Waals surface area contributed by atoms with E-state index >= 15 is 0 Å². The normalized spacial score (nSPS) is 15.2. The van der Waals surface area contributed by atoms with Gasteiger partial charge in [0.05, 0.1) is 18.1 Å². The average Bonchev–Trinajstić information content (AvgIpc) is 3.36. The highest BCUT2D eigenvalue weighted by Gasteiger charge is 2.27. The number of thioether (sulfide) groups is 1. The molecule has 3 aromatic rings. The predicted molar refractivity (Wildman–Crippen MR) is 96.6 cm³/mol. The highest BCUT2D eigenvalue weighted by molar-refractivity contribution is 8.00. The van der Waals surface area contributed by atoms with Crippen LogP contribution in [-0.4, -0.2) is 37.4 Å². The average molecular weight is 374 g/mol. The third-order valence-electron chi connectivity index (χ3n) is 4.24. The van der Waals surface area contributed by atoms with E-state index in [-0.39, 0.29) is 11.2 Å². The third-order valence-corrected chi connectivity index (χ3v) is 6.34. The fourth-order valence-corrected chi connectivity index (χ4v) is 4.71. The van der Waals surface area contributed by atoms with E-state index in [1.165, 1.54) is 22.2 Å². The first-order valence-corrected chi connectivity index (χ1v) is 9.87. The van der Waals surface area contributed by atoms with E-state index in [4.69, 9.17) is 4.42 Å². The van der Waals surface area contributed by atoms with Crippen molar-refractivity contribution in [2.24, 2.45) is 0 Å². The van der Waals surface area contributed by atoms with Gasteiger partial charge in [-0.25, -0.2) is 0 Å². The summed E-state index contributed by atoms with van der Waals surface area (Å²) in [4.78, 5) is 16.2. The Morgan fingerprint density at radius 1 is 1.48 bits per heavy atom. The maximum absolute atomic E-state index is 12.8. The fraction of sp³-hybridized carbons (Fsp3) is 0.353. The number of thiophene rings is 1. The molecule has 0 saturated carbocycles. The molecule has 0 aromatic carbocycles. The molecule has 0 fully saturated rings. The Bertz CT molecular complexity index is 856. The molecule has 25 heavy (non-hydrogen) atoms. The summed E-state index contributed by atoms with van der Waals surface area (Å²) in [5.41, 5.74) is 1.28. The van der Waals surface area contributed by atoms with Gasteiger partial charge in [0, 0.05) is 18.0 Å². The lowest BCUT2D eigenvalue weighted by molar-refractivity contribution is -0.131. The van der Waals surface area contributed by atoms with Crippen LogP contribution < -0.4 is 0 Å². The molecule has 3 aromatic heterocycles. The number of hydrogen-bond donors (Lipinski definition) is 0. The molecule has 1 aliphatic heterocycles. The minimum absolute atomic E-state index is 0.148. The molecule has 130 valence electrons. The number of amides is 1. The Morgan fingerprint density at radius 3 is 3.24 bits per heavy atom. The maximum atomic E-state index is 12.8. The highest BCUT2D eigenvalue weighted by Crippen LogP contribution is 2.28. The zero-order valence-electron chi connectivity index (χ0n) is 13.8. The van der Waals surface area contributed by atoms with Gasteiger partial charge >= 0.3 is 0 Å². The topological polar surface area (TPSA) is 64.2 Å². The standard InChI is InChI=1S/C17H18N4O2S2/c1-12(16(22)20-6-4-15-13(9-20)5-8-24-15)25-17-19-18-11-21(17)10-14-3-2-7-23-14/h2-3,5,7-8,11-12H,4,6,9-10H2,1H3. The zero-order chi connectivity index (χ0) is 17.2. The van der Waals surface area contributed by atoms with Gasteiger partial charge in [-0.2, -0.15) is 0 Å². The van der Waals surface area contributed by atoms with Crippen molar-refractivity contribution in [2.75, 3.05) is 6.54 Å². The Morgan fingerprint density at radius 2 is 2.40 bits per heavy atom.